The highest BCUT2D eigenvalue weighted by Gasteiger charge is 2.12. The number of aromatic nitrogens is 1. The summed E-state index contributed by atoms with van der Waals surface area (Å²) >= 11 is 1.59. The van der Waals surface area contributed by atoms with Gasteiger partial charge in [-0.2, -0.15) is 5.10 Å². The van der Waals surface area contributed by atoms with Gasteiger partial charge in [0, 0.05) is 11.9 Å². The van der Waals surface area contributed by atoms with Gasteiger partial charge >= 0.3 is 0 Å². The first-order valence-corrected chi connectivity index (χ1v) is 7.27. The van der Waals surface area contributed by atoms with Crippen molar-refractivity contribution in [3.8, 4) is 11.5 Å². The molecule has 3 rings (SSSR count). The molecule has 0 amide bonds. The molecule has 0 radical (unpaired) electrons. The van der Waals surface area contributed by atoms with E-state index in [9.17, 15) is 0 Å². The second-order valence-electron chi connectivity index (χ2n) is 4.30. The predicted octanol–water partition coefficient (Wildman–Crippen LogP) is 2.39. The first-order chi connectivity index (χ1) is 9.78. The SMILES string of the molecule is CCN=c1scc(C)n1/N=C\c1ccc2c(c1)OCO2. The molecule has 104 valence electrons. The maximum Gasteiger partial charge on any atom is 0.231 e. The van der Waals surface area contributed by atoms with E-state index in [4.69, 9.17) is 9.47 Å². The van der Waals surface area contributed by atoms with Crippen LogP contribution in [0.3, 0.4) is 0 Å². The van der Waals surface area contributed by atoms with Crippen LogP contribution < -0.4 is 14.3 Å². The fourth-order valence-electron chi connectivity index (χ4n) is 1.89. The zero-order valence-electron chi connectivity index (χ0n) is 11.4. The molecule has 0 spiro atoms. The molecule has 1 aliphatic rings. The molecule has 0 atom stereocenters. The maximum atomic E-state index is 5.36. The average Bonchev–Trinajstić information content (AvgIpc) is 3.04. The van der Waals surface area contributed by atoms with E-state index in [0.717, 1.165) is 34.1 Å². The van der Waals surface area contributed by atoms with Gasteiger partial charge in [0.25, 0.3) is 0 Å². The summed E-state index contributed by atoms with van der Waals surface area (Å²) in [5.74, 6) is 1.54. The van der Waals surface area contributed by atoms with E-state index >= 15 is 0 Å². The summed E-state index contributed by atoms with van der Waals surface area (Å²) in [5, 5.41) is 6.54. The Bertz CT molecular complexity index is 715. The van der Waals surface area contributed by atoms with Crippen LogP contribution in [-0.4, -0.2) is 24.2 Å². The average molecular weight is 289 g/mol. The molecule has 1 aromatic heterocycles. The number of hydrogen-bond donors (Lipinski definition) is 0. The summed E-state index contributed by atoms with van der Waals surface area (Å²) in [6.45, 7) is 5.07. The number of rotatable bonds is 3. The Balaban J connectivity index is 1.91. The first kappa shape index (κ1) is 12.9. The lowest BCUT2D eigenvalue weighted by Gasteiger charge is -1.99. The van der Waals surface area contributed by atoms with Crippen LogP contribution in [0.1, 0.15) is 18.2 Å². The van der Waals surface area contributed by atoms with Crippen LogP contribution >= 0.6 is 11.3 Å². The molecule has 0 unspecified atom stereocenters. The van der Waals surface area contributed by atoms with E-state index in [-0.39, 0.29) is 6.79 Å². The quantitative estimate of drug-likeness (QED) is 0.815. The molecular formula is C14H15N3O2S. The lowest BCUT2D eigenvalue weighted by molar-refractivity contribution is 0.174. The van der Waals surface area contributed by atoms with E-state index in [0.29, 0.717) is 0 Å². The summed E-state index contributed by atoms with van der Waals surface area (Å²) in [7, 11) is 0. The van der Waals surface area contributed by atoms with Crippen molar-refractivity contribution in [2.24, 2.45) is 10.1 Å². The van der Waals surface area contributed by atoms with Crippen molar-refractivity contribution in [2.75, 3.05) is 13.3 Å². The summed E-state index contributed by atoms with van der Waals surface area (Å²) < 4.78 is 12.5. The summed E-state index contributed by atoms with van der Waals surface area (Å²) in [6, 6.07) is 5.77. The van der Waals surface area contributed by atoms with Crippen molar-refractivity contribution in [1.29, 1.82) is 0 Å². The Hall–Kier alpha value is -2.08. The van der Waals surface area contributed by atoms with Gasteiger partial charge in [-0.3, -0.25) is 4.99 Å². The number of benzene rings is 1. The molecule has 20 heavy (non-hydrogen) atoms. The smallest absolute Gasteiger partial charge is 0.231 e. The van der Waals surface area contributed by atoms with Crippen molar-refractivity contribution in [3.05, 3.63) is 39.6 Å². The highest BCUT2D eigenvalue weighted by atomic mass is 32.1. The Labute approximate surface area is 120 Å². The van der Waals surface area contributed by atoms with Crippen LogP contribution in [0.25, 0.3) is 0 Å². The van der Waals surface area contributed by atoms with Crippen molar-refractivity contribution in [3.63, 3.8) is 0 Å². The Kier molecular flexibility index (Phi) is 3.56. The molecule has 0 saturated heterocycles. The number of thiazole rings is 1. The van der Waals surface area contributed by atoms with Crippen LogP contribution in [0.5, 0.6) is 11.5 Å². The molecule has 6 heteroatoms. The van der Waals surface area contributed by atoms with Crippen LogP contribution in [0.4, 0.5) is 0 Å². The molecular weight excluding hydrogens is 274 g/mol. The van der Waals surface area contributed by atoms with E-state index in [1.165, 1.54) is 0 Å². The number of ether oxygens (including phenoxy) is 2. The number of fused-ring (bicyclic) bond motifs is 1. The van der Waals surface area contributed by atoms with Crippen molar-refractivity contribution in [1.82, 2.24) is 4.68 Å². The third-order valence-electron chi connectivity index (χ3n) is 2.86. The Morgan fingerprint density at radius 2 is 2.20 bits per heavy atom. The summed E-state index contributed by atoms with van der Waals surface area (Å²) in [4.78, 5) is 5.33. The first-order valence-electron chi connectivity index (χ1n) is 6.39. The lowest BCUT2D eigenvalue weighted by atomic mass is 10.2. The number of aryl methyl sites for hydroxylation is 1. The van der Waals surface area contributed by atoms with E-state index in [1.54, 1.807) is 17.6 Å². The summed E-state index contributed by atoms with van der Waals surface area (Å²) in [6.07, 6.45) is 1.80. The molecule has 0 N–H and O–H groups in total. The molecule has 0 bridgehead atoms. The third-order valence-corrected chi connectivity index (χ3v) is 3.83. The van der Waals surface area contributed by atoms with Gasteiger partial charge in [0.1, 0.15) is 0 Å². The number of hydrogen-bond acceptors (Lipinski definition) is 5. The Morgan fingerprint density at radius 3 is 3.05 bits per heavy atom. The molecule has 5 nitrogen and oxygen atoms in total. The summed E-state index contributed by atoms with van der Waals surface area (Å²) in [5.41, 5.74) is 2.04. The third kappa shape index (κ3) is 2.46. The van der Waals surface area contributed by atoms with E-state index < -0.39 is 0 Å². The van der Waals surface area contributed by atoms with Gasteiger partial charge in [0.15, 0.2) is 11.5 Å². The normalized spacial score (nSPS) is 14.4. The zero-order valence-corrected chi connectivity index (χ0v) is 12.2. The van der Waals surface area contributed by atoms with Crippen LogP contribution in [0.15, 0.2) is 33.7 Å². The van der Waals surface area contributed by atoms with Gasteiger partial charge < -0.3 is 9.47 Å². The van der Waals surface area contributed by atoms with Crippen LogP contribution in [0.2, 0.25) is 0 Å². The largest absolute Gasteiger partial charge is 0.454 e. The highest BCUT2D eigenvalue weighted by molar-refractivity contribution is 7.07. The topological polar surface area (TPSA) is 48.1 Å². The van der Waals surface area contributed by atoms with Gasteiger partial charge in [0.05, 0.1) is 11.9 Å². The minimum Gasteiger partial charge on any atom is -0.454 e. The molecule has 2 aromatic rings. The second-order valence-corrected chi connectivity index (χ2v) is 5.14. The van der Waals surface area contributed by atoms with Gasteiger partial charge in [0.2, 0.25) is 11.6 Å². The van der Waals surface area contributed by atoms with Gasteiger partial charge in [-0.05, 0) is 37.6 Å². The fraction of sp³-hybridized carbons (Fsp3) is 0.286. The second kappa shape index (κ2) is 5.50. The standard InChI is InChI=1S/C14H15N3O2S/c1-3-15-14-17(10(2)8-20-14)16-7-11-4-5-12-13(6-11)19-9-18-12/h4-8H,3,9H2,1-2H3/b15-14?,16-7-. The van der Waals surface area contributed by atoms with E-state index in [2.05, 4.69) is 10.1 Å². The molecule has 1 aromatic carbocycles. The minimum absolute atomic E-state index is 0.286. The van der Waals surface area contributed by atoms with Crippen molar-refractivity contribution < 1.29 is 9.47 Å². The van der Waals surface area contributed by atoms with Crippen molar-refractivity contribution in [2.45, 2.75) is 13.8 Å². The lowest BCUT2D eigenvalue weighted by Crippen LogP contribution is -2.12. The predicted molar refractivity (Wildman–Crippen MR) is 78.7 cm³/mol. The van der Waals surface area contributed by atoms with Crippen LogP contribution in [-0.2, 0) is 0 Å². The van der Waals surface area contributed by atoms with Crippen LogP contribution in [0, 0.1) is 6.92 Å². The molecule has 0 saturated carbocycles. The van der Waals surface area contributed by atoms with Gasteiger partial charge in [-0.1, -0.05) is 0 Å². The van der Waals surface area contributed by atoms with Gasteiger partial charge in [-0.15, -0.1) is 11.3 Å². The van der Waals surface area contributed by atoms with Gasteiger partial charge in [-0.25, -0.2) is 4.68 Å². The van der Waals surface area contributed by atoms with E-state index in [1.807, 2.05) is 42.1 Å². The number of nitrogens with zero attached hydrogens (tertiary/aromatic N) is 3. The Morgan fingerprint density at radius 1 is 1.35 bits per heavy atom. The molecule has 1 aliphatic heterocycles. The molecule has 0 fully saturated rings. The zero-order chi connectivity index (χ0) is 13.9. The molecule has 2 heterocycles. The van der Waals surface area contributed by atoms with Crippen molar-refractivity contribution >= 4 is 17.6 Å². The minimum atomic E-state index is 0.286. The highest BCUT2D eigenvalue weighted by Crippen LogP contribution is 2.31. The molecule has 0 aliphatic carbocycles. The fourth-order valence-corrected chi connectivity index (χ4v) is 2.76. The maximum absolute atomic E-state index is 5.36. The monoisotopic (exact) mass is 289 g/mol.